The molecular formula is C9H13KN2O3S. The first-order chi connectivity index (χ1) is 7.01. The molecule has 2 aliphatic rings. The van der Waals surface area contributed by atoms with Crippen molar-refractivity contribution in [3.05, 3.63) is 12.7 Å². The molecular weight excluding hydrogens is 255 g/mol. The van der Waals surface area contributed by atoms with E-state index in [0.717, 1.165) is 0 Å². The summed E-state index contributed by atoms with van der Waals surface area (Å²) in [7, 11) is 0. The van der Waals surface area contributed by atoms with Crippen molar-refractivity contribution in [2.45, 2.75) is 17.2 Å². The molecule has 16 heavy (non-hydrogen) atoms. The first-order valence-corrected chi connectivity index (χ1v) is 5.53. The predicted octanol–water partition coefficient (Wildman–Crippen LogP) is -0.815. The Morgan fingerprint density at radius 3 is 2.81 bits per heavy atom. The second-order valence-electron chi connectivity index (χ2n) is 3.79. The number of hydrogen-bond donors (Lipinski definition) is 2. The third-order valence-electron chi connectivity index (χ3n) is 3.02. The van der Waals surface area contributed by atoms with Crippen molar-refractivity contribution in [2.75, 3.05) is 6.54 Å². The number of amides is 1. The Hall–Kier alpha value is 0.626. The number of carbonyl (C=O) groups is 2. The predicted molar refractivity (Wildman–Crippen MR) is 63.1 cm³/mol. The molecule has 7 heteroatoms. The van der Waals surface area contributed by atoms with Crippen molar-refractivity contribution in [1.82, 2.24) is 4.90 Å². The number of carboxylic acid groups (broad SMARTS) is 1. The molecule has 2 fully saturated rings. The number of aliphatic carboxylic acids is 1. The van der Waals surface area contributed by atoms with Crippen LogP contribution in [0.4, 0.5) is 0 Å². The number of β-lactam (4-membered cyclic amide) rings is 1. The van der Waals surface area contributed by atoms with Gasteiger partial charge in [0.15, 0.2) is 0 Å². The van der Waals surface area contributed by atoms with Crippen LogP contribution in [0.1, 0.15) is 6.42 Å². The Morgan fingerprint density at radius 1 is 1.75 bits per heavy atom. The van der Waals surface area contributed by atoms with Crippen LogP contribution >= 0.6 is 11.8 Å². The van der Waals surface area contributed by atoms with E-state index in [9.17, 15) is 14.7 Å². The molecule has 0 spiro atoms. The number of nitrogens with zero attached hydrogens (tertiary/aromatic N) is 1. The van der Waals surface area contributed by atoms with Gasteiger partial charge >= 0.3 is 57.4 Å². The number of carboxylic acids is 1. The zero-order chi connectivity index (χ0) is 11.2. The van der Waals surface area contributed by atoms with E-state index in [4.69, 9.17) is 5.73 Å². The van der Waals surface area contributed by atoms with Gasteiger partial charge in [-0.2, -0.15) is 0 Å². The molecule has 0 bridgehead atoms. The summed E-state index contributed by atoms with van der Waals surface area (Å²) in [6.45, 7) is 3.67. The van der Waals surface area contributed by atoms with Crippen molar-refractivity contribution in [1.29, 1.82) is 0 Å². The van der Waals surface area contributed by atoms with E-state index in [1.165, 1.54) is 17.8 Å². The molecule has 2 heterocycles. The fourth-order valence-electron chi connectivity index (χ4n) is 1.86. The van der Waals surface area contributed by atoms with Crippen LogP contribution in [0.2, 0.25) is 0 Å². The van der Waals surface area contributed by atoms with E-state index in [2.05, 4.69) is 6.58 Å². The Labute approximate surface area is 140 Å². The van der Waals surface area contributed by atoms with Crippen LogP contribution in [0, 0.1) is 5.41 Å². The van der Waals surface area contributed by atoms with E-state index >= 15 is 0 Å². The molecule has 0 saturated carbocycles. The van der Waals surface area contributed by atoms with Crippen molar-refractivity contribution in [2.24, 2.45) is 11.1 Å². The number of carbonyl (C=O) groups excluding carboxylic acids is 1. The normalized spacial score (nSPS) is 36.8. The van der Waals surface area contributed by atoms with E-state index in [1.807, 2.05) is 0 Å². The summed E-state index contributed by atoms with van der Waals surface area (Å²) in [6, 6.07) is 0. The first-order valence-electron chi connectivity index (χ1n) is 4.59. The molecule has 2 rings (SSSR count). The average molecular weight is 268 g/mol. The molecule has 5 nitrogen and oxygen atoms in total. The minimum atomic E-state index is -1.21. The molecule has 2 saturated heterocycles. The summed E-state index contributed by atoms with van der Waals surface area (Å²) < 4.78 is 0. The average Bonchev–Trinajstić information content (AvgIpc) is 2.17. The van der Waals surface area contributed by atoms with E-state index < -0.39 is 16.8 Å². The summed E-state index contributed by atoms with van der Waals surface area (Å²) >= 11 is 1.33. The van der Waals surface area contributed by atoms with Gasteiger partial charge in [0.05, 0.1) is 17.2 Å². The zero-order valence-corrected chi connectivity index (χ0v) is 8.87. The molecule has 0 aromatic rings. The Kier molecular flexibility index (Phi) is 4.67. The fourth-order valence-corrected chi connectivity index (χ4v) is 3.29. The molecule has 84 valence electrons. The Morgan fingerprint density at radius 2 is 2.38 bits per heavy atom. The van der Waals surface area contributed by atoms with Crippen molar-refractivity contribution in [3.63, 3.8) is 0 Å². The molecule has 0 aromatic carbocycles. The van der Waals surface area contributed by atoms with Crippen LogP contribution in [-0.4, -0.2) is 90.6 Å². The summed E-state index contributed by atoms with van der Waals surface area (Å²) in [5.74, 6) is -1.03. The van der Waals surface area contributed by atoms with Crippen molar-refractivity contribution in [3.8, 4) is 0 Å². The summed E-state index contributed by atoms with van der Waals surface area (Å²) in [6.07, 6.45) is 1.81. The van der Waals surface area contributed by atoms with E-state index in [0.29, 0.717) is 6.42 Å². The molecule has 1 amide bonds. The minimum absolute atomic E-state index is 0. The summed E-state index contributed by atoms with van der Waals surface area (Å²) in [5, 5.41) is 8.69. The molecule has 3 atom stereocenters. The van der Waals surface area contributed by atoms with Crippen LogP contribution < -0.4 is 5.73 Å². The van der Waals surface area contributed by atoms with Gasteiger partial charge in [-0.1, -0.05) is 6.08 Å². The maximum atomic E-state index is 11.2. The molecule has 0 aliphatic carbocycles. The number of fused-ring (bicyclic) bond motifs is 1. The second-order valence-corrected chi connectivity index (χ2v) is 5.11. The zero-order valence-electron chi connectivity index (χ0n) is 8.05. The third kappa shape index (κ3) is 2.02. The standard InChI is InChI=1S/C9H12N2O3S.K.H/c1-2-9(8(13)14)4-11-5(12)3-6(11)15-7(9)10;;/h2,6-7H,1,3-4,10H2,(H,13,14);;/t6-,7?,9?;;/m1../s1. The van der Waals surface area contributed by atoms with Crippen LogP contribution in [0.5, 0.6) is 0 Å². The Balaban J connectivity index is 0.00000128. The van der Waals surface area contributed by atoms with Crippen LogP contribution in [0.3, 0.4) is 0 Å². The summed E-state index contributed by atoms with van der Waals surface area (Å²) in [5.41, 5.74) is 4.62. The van der Waals surface area contributed by atoms with Crippen LogP contribution in [-0.2, 0) is 9.59 Å². The molecule has 2 aliphatic heterocycles. The monoisotopic (exact) mass is 268 g/mol. The van der Waals surface area contributed by atoms with Gasteiger partial charge in [0.2, 0.25) is 5.91 Å². The molecule has 3 N–H and O–H groups in total. The van der Waals surface area contributed by atoms with Gasteiger partial charge in [-0.3, -0.25) is 9.59 Å². The topological polar surface area (TPSA) is 83.6 Å². The van der Waals surface area contributed by atoms with Gasteiger partial charge in [-0.15, -0.1) is 18.3 Å². The van der Waals surface area contributed by atoms with Crippen molar-refractivity contribution >= 4 is 75.0 Å². The van der Waals surface area contributed by atoms with Crippen LogP contribution in [0.25, 0.3) is 0 Å². The quantitative estimate of drug-likeness (QED) is 0.388. The maximum absolute atomic E-state index is 11.2. The molecule has 2 unspecified atom stereocenters. The number of hydrogen-bond acceptors (Lipinski definition) is 4. The van der Waals surface area contributed by atoms with Crippen molar-refractivity contribution < 1.29 is 14.7 Å². The van der Waals surface area contributed by atoms with Gasteiger partial charge < -0.3 is 15.7 Å². The fraction of sp³-hybridized carbons (Fsp3) is 0.556. The SMILES string of the molecule is C=CC1(C(=O)O)CN2C(=O)C[C@H]2SC1N.[KH]. The molecule has 0 radical (unpaired) electrons. The van der Waals surface area contributed by atoms with Gasteiger partial charge in [-0.05, 0) is 0 Å². The van der Waals surface area contributed by atoms with Gasteiger partial charge in [0, 0.05) is 6.54 Å². The van der Waals surface area contributed by atoms with Gasteiger partial charge in [0.1, 0.15) is 5.41 Å². The first kappa shape index (κ1) is 14.7. The number of rotatable bonds is 2. The van der Waals surface area contributed by atoms with Gasteiger partial charge in [-0.25, -0.2) is 0 Å². The second kappa shape index (κ2) is 5.09. The van der Waals surface area contributed by atoms with E-state index in [-0.39, 0.29) is 69.2 Å². The number of thioether (sulfide) groups is 1. The summed E-state index contributed by atoms with van der Waals surface area (Å²) in [4.78, 5) is 24.0. The van der Waals surface area contributed by atoms with E-state index in [1.54, 1.807) is 4.90 Å². The van der Waals surface area contributed by atoms with Crippen LogP contribution in [0.15, 0.2) is 12.7 Å². The third-order valence-corrected chi connectivity index (χ3v) is 4.47. The Bertz CT molecular complexity index is 352. The number of nitrogens with two attached hydrogens (primary N) is 1. The van der Waals surface area contributed by atoms with Gasteiger partial charge in [0.25, 0.3) is 0 Å². The molecule has 0 aromatic heterocycles.